The first kappa shape index (κ1) is 15.5. The Morgan fingerprint density at radius 1 is 1.14 bits per heavy atom. The molecular weight excluding hydrogens is 334 g/mol. The van der Waals surface area contributed by atoms with Crippen molar-refractivity contribution in [3.05, 3.63) is 68.8 Å². The van der Waals surface area contributed by atoms with Gasteiger partial charge in [-0.3, -0.25) is 10.1 Å². The SMILES string of the molecule is Cc1ccc(COc2ccc([N+](=O)[O-])cc2CBr)cc1C. The second kappa shape index (κ2) is 6.72. The van der Waals surface area contributed by atoms with E-state index in [9.17, 15) is 10.1 Å². The maximum absolute atomic E-state index is 10.8. The molecule has 0 atom stereocenters. The van der Waals surface area contributed by atoms with E-state index in [4.69, 9.17) is 4.74 Å². The summed E-state index contributed by atoms with van der Waals surface area (Å²) in [6.07, 6.45) is 0. The summed E-state index contributed by atoms with van der Waals surface area (Å²) in [6, 6.07) is 10.8. The van der Waals surface area contributed by atoms with Crippen LogP contribution < -0.4 is 4.74 Å². The summed E-state index contributed by atoms with van der Waals surface area (Å²) in [5.41, 5.74) is 4.39. The number of non-ortho nitro benzene ring substituents is 1. The van der Waals surface area contributed by atoms with Gasteiger partial charge in [0.05, 0.1) is 4.92 Å². The number of nitro groups is 1. The molecule has 0 saturated heterocycles. The molecule has 0 aliphatic rings. The first-order chi connectivity index (χ1) is 10.0. The van der Waals surface area contributed by atoms with Crippen molar-refractivity contribution in [2.24, 2.45) is 0 Å². The number of halogens is 1. The van der Waals surface area contributed by atoms with E-state index in [-0.39, 0.29) is 5.69 Å². The molecule has 0 aliphatic carbocycles. The molecule has 2 aromatic carbocycles. The van der Waals surface area contributed by atoms with E-state index in [0.717, 1.165) is 11.1 Å². The third-order valence-corrected chi connectivity index (χ3v) is 3.97. The predicted molar refractivity (Wildman–Crippen MR) is 86.0 cm³/mol. The molecule has 0 heterocycles. The van der Waals surface area contributed by atoms with Crippen LogP contribution >= 0.6 is 15.9 Å². The van der Waals surface area contributed by atoms with E-state index in [2.05, 4.69) is 41.9 Å². The predicted octanol–water partition coefficient (Wildman–Crippen LogP) is 4.69. The molecule has 0 aliphatic heterocycles. The van der Waals surface area contributed by atoms with Crippen LogP contribution in [0.2, 0.25) is 0 Å². The Hall–Kier alpha value is -1.88. The standard InChI is InChI=1S/C16H16BrNO3/c1-11-3-4-13(7-12(11)2)10-21-16-6-5-15(18(19)20)8-14(16)9-17/h3-8H,9-10H2,1-2H3. The molecule has 0 aromatic heterocycles. The topological polar surface area (TPSA) is 52.4 Å². The van der Waals surface area contributed by atoms with Gasteiger partial charge in [-0.25, -0.2) is 0 Å². The Balaban J connectivity index is 2.15. The summed E-state index contributed by atoms with van der Waals surface area (Å²) < 4.78 is 5.79. The minimum atomic E-state index is -0.403. The summed E-state index contributed by atoms with van der Waals surface area (Å²) in [5.74, 6) is 0.663. The summed E-state index contributed by atoms with van der Waals surface area (Å²) in [6.45, 7) is 4.58. The summed E-state index contributed by atoms with van der Waals surface area (Å²) >= 11 is 3.34. The van der Waals surface area contributed by atoms with Gasteiger partial charge in [0.2, 0.25) is 0 Å². The van der Waals surface area contributed by atoms with Crippen molar-refractivity contribution >= 4 is 21.6 Å². The van der Waals surface area contributed by atoms with Gasteiger partial charge >= 0.3 is 0 Å². The van der Waals surface area contributed by atoms with Gasteiger partial charge in [0, 0.05) is 23.0 Å². The van der Waals surface area contributed by atoms with Gasteiger partial charge in [-0.05, 0) is 36.6 Å². The third-order valence-electron chi connectivity index (χ3n) is 3.36. The Kier molecular flexibility index (Phi) is 4.96. The number of alkyl halides is 1. The van der Waals surface area contributed by atoms with Crippen LogP contribution in [0.3, 0.4) is 0 Å². The lowest BCUT2D eigenvalue weighted by molar-refractivity contribution is -0.384. The fraction of sp³-hybridized carbons (Fsp3) is 0.250. The molecule has 21 heavy (non-hydrogen) atoms. The first-order valence-corrected chi connectivity index (χ1v) is 7.65. The quantitative estimate of drug-likeness (QED) is 0.447. The number of ether oxygens (including phenoxy) is 1. The lowest BCUT2D eigenvalue weighted by Gasteiger charge is -2.11. The number of rotatable bonds is 5. The van der Waals surface area contributed by atoms with E-state index < -0.39 is 4.92 Å². The van der Waals surface area contributed by atoms with Crippen LogP contribution in [0.15, 0.2) is 36.4 Å². The number of nitro benzene ring substituents is 1. The Morgan fingerprint density at radius 3 is 2.52 bits per heavy atom. The van der Waals surface area contributed by atoms with E-state index >= 15 is 0 Å². The molecule has 2 aromatic rings. The van der Waals surface area contributed by atoms with Crippen molar-refractivity contribution in [1.82, 2.24) is 0 Å². The highest BCUT2D eigenvalue weighted by Crippen LogP contribution is 2.27. The first-order valence-electron chi connectivity index (χ1n) is 6.53. The molecule has 5 heteroatoms. The molecule has 110 valence electrons. The Labute approximate surface area is 132 Å². The highest BCUT2D eigenvalue weighted by atomic mass is 79.9. The minimum absolute atomic E-state index is 0.0722. The fourth-order valence-corrected chi connectivity index (χ4v) is 2.42. The molecule has 0 N–H and O–H groups in total. The van der Waals surface area contributed by atoms with Crippen LogP contribution in [0.1, 0.15) is 22.3 Å². The van der Waals surface area contributed by atoms with E-state index in [1.165, 1.54) is 23.3 Å². The number of hydrogen-bond donors (Lipinski definition) is 0. The average molecular weight is 350 g/mol. The van der Waals surface area contributed by atoms with Crippen LogP contribution in [0, 0.1) is 24.0 Å². The zero-order valence-electron chi connectivity index (χ0n) is 11.9. The van der Waals surface area contributed by atoms with Crippen LogP contribution in [0.5, 0.6) is 5.75 Å². The monoisotopic (exact) mass is 349 g/mol. The molecular formula is C16H16BrNO3. The normalized spacial score (nSPS) is 10.4. The molecule has 0 bridgehead atoms. The Bertz CT molecular complexity index is 671. The van der Waals surface area contributed by atoms with Crippen LogP contribution in [0.4, 0.5) is 5.69 Å². The van der Waals surface area contributed by atoms with E-state index in [1.807, 2.05) is 6.07 Å². The van der Waals surface area contributed by atoms with E-state index in [1.54, 1.807) is 6.07 Å². The van der Waals surface area contributed by atoms with E-state index in [0.29, 0.717) is 17.7 Å². The lowest BCUT2D eigenvalue weighted by atomic mass is 10.1. The molecule has 0 amide bonds. The Morgan fingerprint density at radius 2 is 1.90 bits per heavy atom. The van der Waals surface area contributed by atoms with Crippen LogP contribution in [0.25, 0.3) is 0 Å². The van der Waals surface area contributed by atoms with Crippen molar-refractivity contribution in [3.63, 3.8) is 0 Å². The number of hydrogen-bond acceptors (Lipinski definition) is 3. The van der Waals surface area contributed by atoms with Crippen molar-refractivity contribution in [2.75, 3.05) is 0 Å². The third kappa shape index (κ3) is 3.82. The highest BCUT2D eigenvalue weighted by molar-refractivity contribution is 9.08. The van der Waals surface area contributed by atoms with Crippen molar-refractivity contribution in [1.29, 1.82) is 0 Å². The summed E-state index contributed by atoms with van der Waals surface area (Å²) in [7, 11) is 0. The zero-order chi connectivity index (χ0) is 15.4. The number of benzene rings is 2. The van der Waals surface area contributed by atoms with Crippen LogP contribution in [-0.2, 0) is 11.9 Å². The van der Waals surface area contributed by atoms with Gasteiger partial charge in [-0.2, -0.15) is 0 Å². The second-order valence-electron chi connectivity index (χ2n) is 4.89. The molecule has 0 radical (unpaired) electrons. The van der Waals surface area contributed by atoms with Gasteiger partial charge < -0.3 is 4.74 Å². The maximum atomic E-state index is 10.8. The van der Waals surface area contributed by atoms with Crippen LogP contribution in [-0.4, -0.2) is 4.92 Å². The van der Waals surface area contributed by atoms with Gasteiger partial charge in [0.25, 0.3) is 5.69 Å². The number of aryl methyl sites for hydroxylation is 2. The van der Waals surface area contributed by atoms with Gasteiger partial charge in [0.15, 0.2) is 0 Å². The fourth-order valence-electron chi connectivity index (χ4n) is 1.98. The number of nitrogens with zero attached hydrogens (tertiary/aromatic N) is 1. The lowest BCUT2D eigenvalue weighted by Crippen LogP contribution is -1.99. The molecule has 0 fully saturated rings. The van der Waals surface area contributed by atoms with Gasteiger partial charge in [-0.15, -0.1) is 0 Å². The molecule has 0 spiro atoms. The van der Waals surface area contributed by atoms with Crippen molar-refractivity contribution in [3.8, 4) is 5.75 Å². The van der Waals surface area contributed by atoms with Gasteiger partial charge in [-0.1, -0.05) is 34.1 Å². The molecule has 0 saturated carbocycles. The minimum Gasteiger partial charge on any atom is -0.489 e. The maximum Gasteiger partial charge on any atom is 0.270 e. The van der Waals surface area contributed by atoms with Crippen molar-refractivity contribution < 1.29 is 9.66 Å². The highest BCUT2D eigenvalue weighted by Gasteiger charge is 2.11. The smallest absolute Gasteiger partial charge is 0.270 e. The average Bonchev–Trinajstić information content (AvgIpc) is 2.48. The second-order valence-corrected chi connectivity index (χ2v) is 5.45. The molecule has 4 nitrogen and oxygen atoms in total. The summed E-state index contributed by atoms with van der Waals surface area (Å²) in [4.78, 5) is 10.4. The van der Waals surface area contributed by atoms with Gasteiger partial charge in [0.1, 0.15) is 12.4 Å². The zero-order valence-corrected chi connectivity index (χ0v) is 13.5. The largest absolute Gasteiger partial charge is 0.489 e. The molecule has 2 rings (SSSR count). The van der Waals surface area contributed by atoms with Crippen molar-refractivity contribution in [2.45, 2.75) is 25.8 Å². The summed E-state index contributed by atoms with van der Waals surface area (Å²) in [5, 5.41) is 11.3. The molecule has 0 unspecified atom stereocenters.